The number of H-pyrrole nitrogens is 1. The first kappa shape index (κ1) is 16.3. The van der Waals surface area contributed by atoms with Gasteiger partial charge in [-0.2, -0.15) is 0 Å². The van der Waals surface area contributed by atoms with Crippen LogP contribution in [0.4, 0.5) is 4.39 Å². The lowest BCUT2D eigenvalue weighted by Crippen LogP contribution is -2.45. The monoisotopic (exact) mass is 402 g/mol. The fraction of sp³-hybridized carbons (Fsp3) is 0.211. The maximum atomic E-state index is 13.7. The molecule has 0 saturated heterocycles. The summed E-state index contributed by atoms with van der Waals surface area (Å²) < 4.78 is 19.7. The molecule has 3 aromatic rings. The number of benzene rings is 2. The molecule has 128 valence electrons. The second kappa shape index (κ2) is 6.28. The molecule has 0 spiro atoms. The van der Waals surface area contributed by atoms with Gasteiger partial charge >= 0.3 is 5.97 Å². The van der Waals surface area contributed by atoms with E-state index in [2.05, 4.69) is 26.2 Å². The van der Waals surface area contributed by atoms with Gasteiger partial charge in [-0.3, -0.25) is 10.1 Å². The van der Waals surface area contributed by atoms with Crippen LogP contribution in [0.15, 0.2) is 46.9 Å². The van der Waals surface area contributed by atoms with Gasteiger partial charge in [-0.1, -0.05) is 28.1 Å². The van der Waals surface area contributed by atoms with E-state index in [-0.39, 0.29) is 17.8 Å². The zero-order valence-corrected chi connectivity index (χ0v) is 15.1. The standard InChI is InChI=1S/C19H16BrFN2O2/c1-25-19(24)16-9-14-13-8-12(21)6-7-15(13)22-18(14)17(23-16)10-2-4-11(20)5-3-10/h2-8,16-17,22-23H,9H2,1H3. The molecule has 1 aliphatic heterocycles. The number of nitrogens with one attached hydrogen (secondary N) is 2. The van der Waals surface area contributed by atoms with Crippen molar-refractivity contribution in [3.8, 4) is 0 Å². The summed E-state index contributed by atoms with van der Waals surface area (Å²) in [6.45, 7) is 0. The van der Waals surface area contributed by atoms with Crippen molar-refractivity contribution in [3.05, 3.63) is 69.6 Å². The van der Waals surface area contributed by atoms with Crippen LogP contribution in [0.2, 0.25) is 0 Å². The average molecular weight is 403 g/mol. The molecule has 0 bridgehead atoms. The lowest BCUT2D eigenvalue weighted by molar-refractivity contribution is -0.143. The van der Waals surface area contributed by atoms with Crippen LogP contribution in [0, 0.1) is 5.82 Å². The Morgan fingerprint density at radius 2 is 2.00 bits per heavy atom. The zero-order chi connectivity index (χ0) is 17.6. The highest BCUT2D eigenvalue weighted by Crippen LogP contribution is 2.36. The molecule has 0 aliphatic carbocycles. The van der Waals surface area contributed by atoms with Gasteiger partial charge in [0.15, 0.2) is 0 Å². The van der Waals surface area contributed by atoms with Crippen molar-refractivity contribution < 1.29 is 13.9 Å². The van der Waals surface area contributed by atoms with Crippen molar-refractivity contribution >= 4 is 32.8 Å². The average Bonchev–Trinajstić information content (AvgIpc) is 2.99. The number of hydrogen-bond acceptors (Lipinski definition) is 3. The van der Waals surface area contributed by atoms with Crippen LogP contribution in [0.25, 0.3) is 10.9 Å². The Hall–Kier alpha value is -2.18. The summed E-state index contributed by atoms with van der Waals surface area (Å²) in [6.07, 6.45) is 0.457. The van der Waals surface area contributed by atoms with Crippen molar-refractivity contribution in [1.82, 2.24) is 10.3 Å². The third-order valence-electron chi connectivity index (χ3n) is 4.66. The summed E-state index contributed by atoms with van der Waals surface area (Å²) in [7, 11) is 1.38. The van der Waals surface area contributed by atoms with E-state index in [1.165, 1.54) is 19.2 Å². The Morgan fingerprint density at radius 3 is 2.72 bits per heavy atom. The first-order chi connectivity index (χ1) is 12.1. The number of esters is 1. The van der Waals surface area contributed by atoms with Gasteiger partial charge in [-0.05, 0) is 41.5 Å². The van der Waals surface area contributed by atoms with Crippen molar-refractivity contribution in [1.29, 1.82) is 0 Å². The Bertz CT molecular complexity index is 952. The van der Waals surface area contributed by atoms with Crippen LogP contribution in [-0.4, -0.2) is 24.1 Å². The van der Waals surface area contributed by atoms with Gasteiger partial charge in [0.1, 0.15) is 11.9 Å². The van der Waals surface area contributed by atoms with Gasteiger partial charge < -0.3 is 9.72 Å². The van der Waals surface area contributed by atoms with Crippen LogP contribution < -0.4 is 5.32 Å². The van der Waals surface area contributed by atoms with Gasteiger partial charge in [-0.15, -0.1) is 0 Å². The second-order valence-electron chi connectivity index (χ2n) is 6.14. The van der Waals surface area contributed by atoms with E-state index in [9.17, 15) is 9.18 Å². The molecule has 25 heavy (non-hydrogen) atoms. The Balaban J connectivity index is 1.88. The SMILES string of the molecule is COC(=O)C1Cc2c([nH]c3ccc(F)cc23)C(c2ccc(Br)cc2)N1. The maximum absolute atomic E-state index is 13.7. The highest BCUT2D eigenvalue weighted by Gasteiger charge is 2.34. The molecular formula is C19H16BrFN2O2. The molecule has 2 atom stereocenters. The van der Waals surface area contributed by atoms with Crippen LogP contribution >= 0.6 is 15.9 Å². The minimum atomic E-state index is -0.478. The second-order valence-corrected chi connectivity index (χ2v) is 7.05. The Labute approximate surface area is 152 Å². The summed E-state index contributed by atoms with van der Waals surface area (Å²) in [4.78, 5) is 15.5. The molecule has 0 saturated carbocycles. The van der Waals surface area contributed by atoms with Crippen molar-refractivity contribution in [2.75, 3.05) is 7.11 Å². The Morgan fingerprint density at radius 1 is 1.24 bits per heavy atom. The molecule has 4 rings (SSSR count). The molecular weight excluding hydrogens is 387 g/mol. The van der Waals surface area contributed by atoms with Crippen molar-refractivity contribution in [2.24, 2.45) is 0 Å². The summed E-state index contributed by atoms with van der Waals surface area (Å²) >= 11 is 3.44. The predicted octanol–water partition coefficient (Wildman–Crippen LogP) is 3.85. The molecule has 0 amide bonds. The first-order valence-corrected chi connectivity index (χ1v) is 8.75. The summed E-state index contributed by atoms with van der Waals surface area (Å²) in [5.41, 5.74) is 3.80. The molecule has 0 fully saturated rings. The topological polar surface area (TPSA) is 54.1 Å². The fourth-order valence-corrected chi connectivity index (χ4v) is 3.73. The molecule has 1 aliphatic rings. The van der Waals surface area contributed by atoms with Gasteiger partial charge in [0.05, 0.1) is 13.2 Å². The van der Waals surface area contributed by atoms with E-state index in [0.29, 0.717) is 6.42 Å². The van der Waals surface area contributed by atoms with Gasteiger partial charge in [0.2, 0.25) is 0 Å². The van der Waals surface area contributed by atoms with Crippen molar-refractivity contribution in [3.63, 3.8) is 0 Å². The van der Waals surface area contributed by atoms with E-state index >= 15 is 0 Å². The number of fused-ring (bicyclic) bond motifs is 3. The molecule has 2 heterocycles. The van der Waals surface area contributed by atoms with Crippen LogP contribution in [0.3, 0.4) is 0 Å². The summed E-state index contributed by atoms with van der Waals surface area (Å²) in [5, 5.41) is 4.17. The van der Waals surface area contributed by atoms with E-state index in [4.69, 9.17) is 4.74 Å². The van der Waals surface area contributed by atoms with E-state index in [1.54, 1.807) is 6.07 Å². The smallest absolute Gasteiger partial charge is 0.323 e. The number of rotatable bonds is 2. The summed E-state index contributed by atoms with van der Waals surface area (Å²) in [5.74, 6) is -0.610. The predicted molar refractivity (Wildman–Crippen MR) is 96.9 cm³/mol. The van der Waals surface area contributed by atoms with Crippen LogP contribution in [0.1, 0.15) is 22.9 Å². The number of hydrogen-bond donors (Lipinski definition) is 2. The van der Waals surface area contributed by atoms with Crippen molar-refractivity contribution in [2.45, 2.75) is 18.5 Å². The number of carbonyl (C=O) groups excluding carboxylic acids is 1. The highest BCUT2D eigenvalue weighted by atomic mass is 79.9. The number of ether oxygens (including phenoxy) is 1. The van der Waals surface area contributed by atoms with Gasteiger partial charge in [0, 0.05) is 27.5 Å². The number of halogens is 2. The molecule has 6 heteroatoms. The molecule has 4 nitrogen and oxygen atoms in total. The number of aromatic amines is 1. The van der Waals surface area contributed by atoms with Gasteiger partial charge in [0.25, 0.3) is 0 Å². The maximum Gasteiger partial charge on any atom is 0.323 e. The summed E-state index contributed by atoms with van der Waals surface area (Å²) in [6, 6.07) is 11.9. The van der Waals surface area contributed by atoms with E-state index in [1.807, 2.05) is 24.3 Å². The highest BCUT2D eigenvalue weighted by molar-refractivity contribution is 9.10. The third kappa shape index (κ3) is 2.85. The minimum Gasteiger partial charge on any atom is -0.468 e. The normalized spacial score (nSPS) is 19.6. The fourth-order valence-electron chi connectivity index (χ4n) is 3.47. The number of carbonyl (C=O) groups is 1. The zero-order valence-electron chi connectivity index (χ0n) is 13.5. The number of methoxy groups -OCH3 is 1. The van der Waals surface area contributed by atoms with Gasteiger partial charge in [-0.25, -0.2) is 4.39 Å². The lowest BCUT2D eigenvalue weighted by atomic mass is 9.90. The third-order valence-corrected chi connectivity index (χ3v) is 5.18. The van der Waals surface area contributed by atoms with Crippen LogP contribution in [0.5, 0.6) is 0 Å². The Kier molecular flexibility index (Phi) is 4.09. The van der Waals surface area contributed by atoms with E-state index < -0.39 is 6.04 Å². The lowest BCUT2D eigenvalue weighted by Gasteiger charge is -2.30. The minimum absolute atomic E-state index is 0.198. The van der Waals surface area contributed by atoms with Crippen LogP contribution in [-0.2, 0) is 16.0 Å². The molecule has 2 aromatic carbocycles. The van der Waals surface area contributed by atoms with E-state index in [0.717, 1.165) is 32.2 Å². The molecule has 2 unspecified atom stereocenters. The number of aromatic nitrogens is 1. The molecule has 2 N–H and O–H groups in total. The quantitative estimate of drug-likeness (QED) is 0.640. The largest absolute Gasteiger partial charge is 0.468 e. The molecule has 0 radical (unpaired) electrons. The first-order valence-electron chi connectivity index (χ1n) is 7.96. The molecule has 1 aromatic heterocycles.